The Hall–Kier alpha value is -1.78. The van der Waals surface area contributed by atoms with Crippen molar-refractivity contribution in [2.45, 2.75) is 19.7 Å². The van der Waals surface area contributed by atoms with Crippen LogP contribution in [0.5, 0.6) is 0 Å². The summed E-state index contributed by atoms with van der Waals surface area (Å²) in [4.78, 5) is 11.0. The number of benzene rings is 1. The summed E-state index contributed by atoms with van der Waals surface area (Å²) >= 11 is 0. The molecule has 1 aromatic carbocycles. The Morgan fingerprint density at radius 2 is 1.88 bits per heavy atom. The van der Waals surface area contributed by atoms with Gasteiger partial charge in [-0.2, -0.15) is 13.2 Å². The van der Waals surface area contributed by atoms with Crippen molar-refractivity contribution in [2.24, 2.45) is 0 Å². The van der Waals surface area contributed by atoms with E-state index in [-0.39, 0.29) is 6.61 Å². The van der Waals surface area contributed by atoms with Crippen molar-refractivity contribution in [3.05, 3.63) is 47.5 Å². The highest BCUT2D eigenvalue weighted by molar-refractivity contribution is 5.81. The van der Waals surface area contributed by atoms with Crippen LogP contribution in [0, 0.1) is 0 Å². The fourth-order valence-corrected chi connectivity index (χ4v) is 1.13. The van der Waals surface area contributed by atoms with Crippen LogP contribution >= 0.6 is 0 Å². The van der Waals surface area contributed by atoms with Gasteiger partial charge in [-0.1, -0.05) is 18.2 Å². The predicted octanol–water partition coefficient (Wildman–Crippen LogP) is 3.32. The zero-order valence-corrected chi connectivity index (χ0v) is 9.12. The lowest BCUT2D eigenvalue weighted by Crippen LogP contribution is -2.05. The van der Waals surface area contributed by atoms with Crippen molar-refractivity contribution >= 4 is 5.97 Å². The molecule has 0 aliphatic rings. The second-order valence-electron chi connectivity index (χ2n) is 3.30. The Morgan fingerprint density at radius 1 is 1.29 bits per heavy atom. The number of hydrogen-bond donors (Lipinski definition) is 0. The molecule has 92 valence electrons. The molecule has 0 atom stereocenters. The number of hydrogen-bond acceptors (Lipinski definition) is 2. The van der Waals surface area contributed by atoms with E-state index in [1.165, 1.54) is 24.3 Å². The molecule has 0 amide bonds. The van der Waals surface area contributed by atoms with Gasteiger partial charge in [0.25, 0.3) is 0 Å². The van der Waals surface area contributed by atoms with Crippen LogP contribution < -0.4 is 0 Å². The van der Waals surface area contributed by atoms with Crippen molar-refractivity contribution in [1.29, 1.82) is 0 Å². The number of halogens is 3. The van der Waals surface area contributed by atoms with E-state index in [4.69, 9.17) is 4.74 Å². The van der Waals surface area contributed by atoms with E-state index >= 15 is 0 Å². The van der Waals surface area contributed by atoms with E-state index in [0.29, 0.717) is 5.56 Å². The molecule has 0 saturated heterocycles. The summed E-state index contributed by atoms with van der Waals surface area (Å²) in [5.74, 6) is -0.521. The molecule has 0 bridgehead atoms. The number of allylic oxidation sites excluding steroid dienone is 1. The Morgan fingerprint density at radius 3 is 2.35 bits per heavy atom. The number of alkyl halides is 3. The zero-order chi connectivity index (χ0) is 12.9. The molecule has 0 unspecified atom stereocenters. The highest BCUT2D eigenvalue weighted by Crippen LogP contribution is 2.29. The van der Waals surface area contributed by atoms with E-state index in [0.717, 1.165) is 12.1 Å². The Balaban J connectivity index is 2.60. The van der Waals surface area contributed by atoms with Crippen LogP contribution in [0.1, 0.15) is 18.1 Å². The second kappa shape index (κ2) is 5.52. The highest BCUT2D eigenvalue weighted by atomic mass is 19.4. The van der Waals surface area contributed by atoms with Crippen molar-refractivity contribution in [3.63, 3.8) is 0 Å². The van der Waals surface area contributed by atoms with E-state index in [1.54, 1.807) is 6.92 Å². The minimum Gasteiger partial charge on any atom is -0.458 e. The molecule has 0 aromatic heterocycles. The van der Waals surface area contributed by atoms with Gasteiger partial charge in [-0.05, 0) is 24.6 Å². The monoisotopic (exact) mass is 244 g/mol. The fraction of sp³-hybridized carbons (Fsp3) is 0.250. The topological polar surface area (TPSA) is 26.3 Å². The van der Waals surface area contributed by atoms with E-state index < -0.39 is 17.7 Å². The van der Waals surface area contributed by atoms with Crippen LogP contribution in [0.4, 0.5) is 13.2 Å². The van der Waals surface area contributed by atoms with Gasteiger partial charge in [0.1, 0.15) is 6.61 Å². The zero-order valence-electron chi connectivity index (χ0n) is 9.12. The maximum atomic E-state index is 12.2. The lowest BCUT2D eigenvalue weighted by Gasteiger charge is -2.07. The first-order chi connectivity index (χ1) is 7.93. The molecule has 0 aliphatic heterocycles. The fourth-order valence-electron chi connectivity index (χ4n) is 1.13. The number of esters is 1. The van der Waals surface area contributed by atoms with Gasteiger partial charge in [0.15, 0.2) is 0 Å². The van der Waals surface area contributed by atoms with Crippen LogP contribution in [-0.4, -0.2) is 5.97 Å². The van der Waals surface area contributed by atoms with Gasteiger partial charge in [0.2, 0.25) is 0 Å². The summed E-state index contributed by atoms with van der Waals surface area (Å²) in [6, 6.07) is 4.48. The number of carbonyl (C=O) groups excluding carboxylic acids is 1. The molecular formula is C12H11F3O2. The van der Waals surface area contributed by atoms with Gasteiger partial charge in [0, 0.05) is 6.08 Å². The lowest BCUT2D eigenvalue weighted by molar-refractivity contribution is -0.139. The molecule has 1 rings (SSSR count). The molecule has 1 aromatic rings. The largest absolute Gasteiger partial charge is 0.458 e. The molecular weight excluding hydrogens is 233 g/mol. The van der Waals surface area contributed by atoms with Crippen molar-refractivity contribution in [2.75, 3.05) is 0 Å². The number of rotatable bonds is 3. The van der Waals surface area contributed by atoms with Crippen LogP contribution in [0.15, 0.2) is 36.4 Å². The number of ether oxygens (including phenoxy) is 1. The van der Waals surface area contributed by atoms with Gasteiger partial charge in [-0.3, -0.25) is 0 Å². The molecule has 0 saturated carbocycles. The Bertz CT molecular complexity index is 405. The van der Waals surface area contributed by atoms with Crippen LogP contribution in [0.25, 0.3) is 0 Å². The molecule has 0 heterocycles. The molecule has 0 fully saturated rings. The maximum Gasteiger partial charge on any atom is 0.416 e. The first-order valence-electron chi connectivity index (χ1n) is 4.89. The normalized spacial score (nSPS) is 11.8. The average Bonchev–Trinajstić information content (AvgIpc) is 2.26. The maximum absolute atomic E-state index is 12.2. The number of carbonyl (C=O) groups is 1. The average molecular weight is 244 g/mol. The van der Waals surface area contributed by atoms with E-state index in [2.05, 4.69) is 0 Å². The first kappa shape index (κ1) is 13.3. The third-order valence-electron chi connectivity index (χ3n) is 1.97. The third-order valence-corrected chi connectivity index (χ3v) is 1.97. The third kappa shape index (κ3) is 4.30. The predicted molar refractivity (Wildman–Crippen MR) is 56.1 cm³/mol. The molecule has 2 nitrogen and oxygen atoms in total. The van der Waals surface area contributed by atoms with Crippen LogP contribution in [-0.2, 0) is 22.3 Å². The Labute approximate surface area is 96.7 Å². The Kier molecular flexibility index (Phi) is 4.31. The van der Waals surface area contributed by atoms with Crippen molar-refractivity contribution in [3.8, 4) is 0 Å². The summed E-state index contributed by atoms with van der Waals surface area (Å²) in [6.07, 6.45) is -1.58. The second-order valence-corrected chi connectivity index (χ2v) is 3.30. The smallest absolute Gasteiger partial charge is 0.416 e. The highest BCUT2D eigenvalue weighted by Gasteiger charge is 2.29. The molecule has 0 N–H and O–H groups in total. The van der Waals surface area contributed by atoms with Gasteiger partial charge in [-0.15, -0.1) is 0 Å². The SMILES string of the molecule is C/C=C/C(=O)OCc1ccc(C(F)(F)F)cc1. The van der Waals surface area contributed by atoms with E-state index in [1.807, 2.05) is 0 Å². The summed E-state index contributed by atoms with van der Waals surface area (Å²) < 4.78 is 41.5. The van der Waals surface area contributed by atoms with Crippen molar-refractivity contribution in [1.82, 2.24) is 0 Å². The summed E-state index contributed by atoms with van der Waals surface area (Å²) in [5.41, 5.74) is -0.211. The minimum absolute atomic E-state index is 0.0404. The first-order valence-corrected chi connectivity index (χ1v) is 4.89. The van der Waals surface area contributed by atoms with E-state index in [9.17, 15) is 18.0 Å². The molecule has 5 heteroatoms. The molecule has 17 heavy (non-hydrogen) atoms. The summed E-state index contributed by atoms with van der Waals surface area (Å²) in [6.45, 7) is 1.63. The van der Waals surface area contributed by atoms with Gasteiger partial charge in [-0.25, -0.2) is 4.79 Å². The lowest BCUT2D eigenvalue weighted by atomic mass is 10.1. The summed E-state index contributed by atoms with van der Waals surface area (Å²) in [5, 5.41) is 0. The van der Waals surface area contributed by atoms with Gasteiger partial charge < -0.3 is 4.74 Å². The molecule has 0 aliphatic carbocycles. The van der Waals surface area contributed by atoms with Gasteiger partial charge >= 0.3 is 12.1 Å². The molecule has 0 spiro atoms. The minimum atomic E-state index is -4.35. The van der Waals surface area contributed by atoms with Crippen LogP contribution in [0.3, 0.4) is 0 Å². The molecule has 0 radical (unpaired) electrons. The summed E-state index contributed by atoms with van der Waals surface area (Å²) in [7, 11) is 0. The standard InChI is InChI=1S/C12H11F3O2/c1-2-3-11(16)17-8-9-4-6-10(7-5-9)12(13,14)15/h2-7H,8H2,1H3/b3-2+. The van der Waals surface area contributed by atoms with Crippen LogP contribution in [0.2, 0.25) is 0 Å². The quantitative estimate of drug-likeness (QED) is 0.602. The van der Waals surface area contributed by atoms with Crippen molar-refractivity contribution < 1.29 is 22.7 Å². The van der Waals surface area contributed by atoms with Gasteiger partial charge in [0.05, 0.1) is 5.56 Å².